The quantitative estimate of drug-likeness (QED) is 0.580. The lowest BCUT2D eigenvalue weighted by Gasteiger charge is -2.30. The molecule has 4 heteroatoms. The molecule has 1 aromatic heterocycles. The topological polar surface area (TPSA) is 48.7 Å². The lowest BCUT2D eigenvalue weighted by molar-refractivity contribution is -0.136. The maximum Gasteiger partial charge on any atom is 0.335 e. The van der Waals surface area contributed by atoms with Crippen LogP contribution in [0.3, 0.4) is 0 Å². The van der Waals surface area contributed by atoms with Crippen LogP contribution < -0.4 is 0 Å². The van der Waals surface area contributed by atoms with Crippen molar-refractivity contribution in [1.29, 1.82) is 0 Å². The Morgan fingerprint density at radius 3 is 2.92 bits per heavy atom. The number of hydrogen-bond donors (Lipinski definition) is 0. The van der Waals surface area contributed by atoms with Crippen molar-refractivity contribution in [3.63, 3.8) is 0 Å². The fourth-order valence-electron chi connectivity index (χ4n) is 2.81. The van der Waals surface area contributed by atoms with Gasteiger partial charge >= 0.3 is 5.97 Å². The van der Waals surface area contributed by atoms with Gasteiger partial charge in [-0.05, 0) is 33.3 Å². The molecule has 1 aromatic rings. The van der Waals surface area contributed by atoms with E-state index in [4.69, 9.17) is 13.9 Å². The van der Waals surface area contributed by atoms with Crippen LogP contribution in [-0.2, 0) is 14.3 Å². The molecule has 3 rings (SSSR count). The van der Waals surface area contributed by atoms with E-state index >= 15 is 0 Å². The summed E-state index contributed by atoms with van der Waals surface area (Å²) in [6, 6.07) is 1.91. The first-order chi connectivity index (χ1) is 11.5. The molecule has 0 amide bonds. The maximum atomic E-state index is 11.5. The largest absolute Gasteiger partial charge is 0.464 e. The summed E-state index contributed by atoms with van der Waals surface area (Å²) in [7, 11) is 0. The molecule has 24 heavy (non-hydrogen) atoms. The number of carbonyl (C=O) groups excluding carboxylic acids is 1. The molecule has 0 bridgehead atoms. The third-order valence-corrected chi connectivity index (χ3v) is 4.16. The zero-order valence-electron chi connectivity index (χ0n) is 14.2. The van der Waals surface area contributed by atoms with E-state index in [1.807, 2.05) is 12.1 Å². The molecule has 0 N–H and O–H groups in total. The van der Waals surface area contributed by atoms with Gasteiger partial charge < -0.3 is 13.9 Å². The Kier molecular flexibility index (Phi) is 4.86. The molecule has 126 valence electrons. The number of rotatable bonds is 5. The minimum absolute atomic E-state index is 0.0979. The van der Waals surface area contributed by atoms with Crippen molar-refractivity contribution in [2.24, 2.45) is 5.92 Å². The molecule has 2 heterocycles. The molecule has 4 nitrogen and oxygen atoms in total. The van der Waals surface area contributed by atoms with E-state index in [0.29, 0.717) is 18.1 Å². The molecule has 0 radical (unpaired) electrons. The van der Waals surface area contributed by atoms with Gasteiger partial charge in [-0.1, -0.05) is 29.4 Å². The highest BCUT2D eigenvalue weighted by molar-refractivity contribution is 5.85. The van der Waals surface area contributed by atoms with E-state index in [2.05, 4.69) is 32.9 Å². The highest BCUT2D eigenvalue weighted by atomic mass is 16.5. The summed E-state index contributed by atoms with van der Waals surface area (Å²) >= 11 is 0. The second kappa shape index (κ2) is 7.05. The summed E-state index contributed by atoms with van der Waals surface area (Å²) in [6.45, 7) is 6.79. The second-order valence-corrected chi connectivity index (χ2v) is 6.38. The van der Waals surface area contributed by atoms with Crippen LogP contribution >= 0.6 is 0 Å². The highest BCUT2D eigenvalue weighted by Crippen LogP contribution is 2.42. The number of furan rings is 1. The highest BCUT2D eigenvalue weighted by Gasteiger charge is 2.36. The molecular weight excluding hydrogens is 304 g/mol. The summed E-state index contributed by atoms with van der Waals surface area (Å²) in [5.41, 5.74) is 3.56. The molecule has 1 aliphatic heterocycles. The van der Waals surface area contributed by atoms with E-state index in [1.165, 1.54) is 17.2 Å². The van der Waals surface area contributed by atoms with Crippen molar-refractivity contribution in [3.05, 3.63) is 64.9 Å². The Bertz CT molecular complexity index is 741. The predicted molar refractivity (Wildman–Crippen MR) is 91.9 cm³/mol. The van der Waals surface area contributed by atoms with Gasteiger partial charge in [0.1, 0.15) is 11.5 Å². The molecular formula is C20H22O4. The van der Waals surface area contributed by atoms with Crippen LogP contribution in [0.25, 0.3) is 6.08 Å². The Labute approximate surface area is 142 Å². The monoisotopic (exact) mass is 326 g/mol. The van der Waals surface area contributed by atoms with Crippen LogP contribution in [0.5, 0.6) is 0 Å². The van der Waals surface area contributed by atoms with Gasteiger partial charge in [0.15, 0.2) is 0 Å². The molecule has 0 aromatic carbocycles. The Hall–Kier alpha value is -2.33. The maximum absolute atomic E-state index is 11.5. The predicted octanol–water partition coefficient (Wildman–Crippen LogP) is 4.72. The smallest absolute Gasteiger partial charge is 0.335 e. The molecule has 2 unspecified atom stereocenters. The van der Waals surface area contributed by atoms with Crippen molar-refractivity contribution in [1.82, 2.24) is 0 Å². The van der Waals surface area contributed by atoms with Gasteiger partial charge in [0, 0.05) is 17.7 Å². The van der Waals surface area contributed by atoms with E-state index in [9.17, 15) is 4.79 Å². The first-order valence-corrected chi connectivity index (χ1v) is 8.14. The minimum atomic E-state index is -0.358. The zero-order valence-corrected chi connectivity index (χ0v) is 14.2. The van der Waals surface area contributed by atoms with Gasteiger partial charge in [-0.2, -0.15) is 0 Å². The van der Waals surface area contributed by atoms with E-state index in [0.717, 1.165) is 12.0 Å². The SMILES string of the molecule is CC(C)=CC/C(C)=C/COC1c2ccoc2C=C2OC(=O)C=CC21. The van der Waals surface area contributed by atoms with Crippen LogP contribution in [0.1, 0.15) is 44.6 Å². The summed E-state index contributed by atoms with van der Waals surface area (Å²) in [4.78, 5) is 11.5. The molecule has 2 atom stereocenters. The van der Waals surface area contributed by atoms with Crippen molar-refractivity contribution in [2.45, 2.75) is 33.3 Å². The van der Waals surface area contributed by atoms with Crippen LogP contribution in [0.4, 0.5) is 0 Å². The van der Waals surface area contributed by atoms with Crippen molar-refractivity contribution >= 4 is 12.0 Å². The molecule has 0 saturated carbocycles. The van der Waals surface area contributed by atoms with Crippen LogP contribution in [0, 0.1) is 5.92 Å². The molecule has 2 aliphatic rings. The number of hydrogen-bond acceptors (Lipinski definition) is 4. The Morgan fingerprint density at radius 2 is 2.12 bits per heavy atom. The summed E-state index contributed by atoms with van der Waals surface area (Å²) in [6.07, 6.45) is 11.7. The van der Waals surface area contributed by atoms with Gasteiger partial charge in [-0.25, -0.2) is 4.79 Å². The van der Waals surface area contributed by atoms with Gasteiger partial charge in [-0.15, -0.1) is 0 Å². The number of allylic oxidation sites excluding steroid dienone is 3. The van der Waals surface area contributed by atoms with Gasteiger partial charge in [-0.3, -0.25) is 0 Å². The minimum Gasteiger partial charge on any atom is -0.464 e. The average Bonchev–Trinajstić information content (AvgIpc) is 3.00. The lowest BCUT2D eigenvalue weighted by atomic mass is 9.87. The third-order valence-electron chi connectivity index (χ3n) is 4.16. The fraction of sp³-hybridized carbons (Fsp3) is 0.350. The average molecular weight is 326 g/mol. The molecule has 1 aliphatic carbocycles. The zero-order chi connectivity index (χ0) is 17.1. The standard InChI is InChI=1S/C20H22O4/c1-13(2)4-5-14(3)8-10-23-20-15-6-7-19(21)24-18(15)12-17-16(20)9-11-22-17/h4,6-9,11-12,15,20H,5,10H2,1-3H3/b14-8+. The number of fused-ring (bicyclic) bond motifs is 2. The van der Waals surface area contributed by atoms with E-state index in [1.54, 1.807) is 12.3 Å². The molecule has 0 saturated heterocycles. The van der Waals surface area contributed by atoms with Gasteiger partial charge in [0.2, 0.25) is 0 Å². The third kappa shape index (κ3) is 3.60. The number of esters is 1. The normalized spacial score (nSPS) is 22.4. The summed E-state index contributed by atoms with van der Waals surface area (Å²) in [5.74, 6) is 0.822. The van der Waals surface area contributed by atoms with Crippen molar-refractivity contribution < 1.29 is 18.7 Å². The lowest BCUT2D eigenvalue weighted by Crippen LogP contribution is -2.25. The number of carbonyl (C=O) groups is 1. The summed E-state index contributed by atoms with van der Waals surface area (Å²) in [5, 5.41) is 0. The fourth-order valence-corrected chi connectivity index (χ4v) is 2.81. The number of ether oxygens (including phenoxy) is 2. The van der Waals surface area contributed by atoms with Crippen LogP contribution in [0.2, 0.25) is 0 Å². The molecule has 0 spiro atoms. The summed E-state index contributed by atoms with van der Waals surface area (Å²) < 4.78 is 16.9. The van der Waals surface area contributed by atoms with Crippen LogP contribution in [0.15, 0.2) is 58.0 Å². The van der Waals surface area contributed by atoms with Crippen LogP contribution in [-0.4, -0.2) is 12.6 Å². The first kappa shape index (κ1) is 16.5. The van der Waals surface area contributed by atoms with E-state index < -0.39 is 0 Å². The first-order valence-electron chi connectivity index (χ1n) is 8.14. The molecule has 0 fully saturated rings. The Balaban J connectivity index is 1.73. The van der Waals surface area contributed by atoms with Crippen molar-refractivity contribution in [2.75, 3.05) is 6.61 Å². The van der Waals surface area contributed by atoms with Crippen molar-refractivity contribution in [3.8, 4) is 0 Å². The second-order valence-electron chi connectivity index (χ2n) is 6.38. The van der Waals surface area contributed by atoms with Gasteiger partial charge in [0.05, 0.1) is 24.9 Å². The van der Waals surface area contributed by atoms with E-state index in [-0.39, 0.29) is 18.0 Å². The van der Waals surface area contributed by atoms with Gasteiger partial charge in [0.25, 0.3) is 0 Å². The Morgan fingerprint density at radius 1 is 1.29 bits per heavy atom.